The van der Waals surface area contributed by atoms with Crippen LogP contribution in [0.5, 0.6) is 0 Å². The molecule has 0 bridgehead atoms. The maximum absolute atomic E-state index is 13.4. The Morgan fingerprint density at radius 2 is 1.16 bits per heavy atom. The minimum Gasteiger partial charge on any atom is -0.253 e. The van der Waals surface area contributed by atoms with Crippen LogP contribution >= 0.6 is 0 Å². The van der Waals surface area contributed by atoms with Gasteiger partial charge in [-0.2, -0.15) is 21.0 Å². The monoisotopic (exact) mass is 419 g/mol. The first-order chi connectivity index (χ1) is 15.5. The van der Waals surface area contributed by atoms with Crippen LogP contribution in [0.25, 0.3) is 11.1 Å². The predicted octanol–water partition coefficient (Wildman–Crippen LogP) is 3.63. The zero-order valence-electron chi connectivity index (χ0n) is 15.9. The highest BCUT2D eigenvalue weighted by Crippen LogP contribution is 2.50. The molecule has 0 fully saturated rings. The van der Waals surface area contributed by atoms with Crippen LogP contribution in [0.4, 0.5) is 8.78 Å². The van der Waals surface area contributed by atoms with Crippen molar-refractivity contribution in [1.82, 2.24) is 15.0 Å². The summed E-state index contributed by atoms with van der Waals surface area (Å²) in [6.07, 6.45) is 5.98. The van der Waals surface area contributed by atoms with Gasteiger partial charge in [0.15, 0.2) is 11.6 Å². The summed E-state index contributed by atoms with van der Waals surface area (Å²) in [5.41, 5.74) is 1.58. The Hall–Kier alpha value is -5.25. The number of nitrogens with zero attached hydrogens (tertiary/aromatic N) is 7. The third-order valence-corrected chi connectivity index (χ3v) is 4.76. The van der Waals surface area contributed by atoms with Crippen molar-refractivity contribution < 1.29 is 8.78 Å². The lowest BCUT2D eigenvalue weighted by Gasteiger charge is -2.09. The third-order valence-electron chi connectivity index (χ3n) is 4.76. The molecule has 4 rings (SSSR count). The van der Waals surface area contributed by atoms with Gasteiger partial charge in [-0.05, 0) is 35.4 Å². The van der Waals surface area contributed by atoms with Crippen LogP contribution in [-0.4, -0.2) is 15.0 Å². The fraction of sp³-hybridized carbons (Fsp3) is 0. The zero-order valence-corrected chi connectivity index (χ0v) is 15.9. The Morgan fingerprint density at radius 3 is 1.66 bits per heavy atom. The summed E-state index contributed by atoms with van der Waals surface area (Å²) < 4.78 is 26.7. The molecule has 0 N–H and O–H groups in total. The molecular formula is C23H7F2N7. The van der Waals surface area contributed by atoms with Crippen LogP contribution in [0, 0.1) is 57.0 Å². The summed E-state index contributed by atoms with van der Waals surface area (Å²) in [6.45, 7) is 0. The van der Waals surface area contributed by atoms with Crippen molar-refractivity contribution in [2.75, 3.05) is 0 Å². The molecule has 0 aliphatic heterocycles. The quantitative estimate of drug-likeness (QED) is 0.679. The van der Waals surface area contributed by atoms with Gasteiger partial charge in [0, 0.05) is 22.3 Å². The van der Waals surface area contributed by atoms with Gasteiger partial charge in [0.2, 0.25) is 0 Å². The van der Waals surface area contributed by atoms with E-state index in [0.717, 1.165) is 18.6 Å². The average molecular weight is 419 g/mol. The number of aromatic nitrogens is 3. The van der Waals surface area contributed by atoms with Gasteiger partial charge in [0.1, 0.15) is 41.2 Å². The lowest BCUT2D eigenvalue weighted by molar-refractivity contribution is 0.612. The normalized spacial score (nSPS) is 13.9. The summed E-state index contributed by atoms with van der Waals surface area (Å²) in [4.78, 5) is 11.9. The third kappa shape index (κ3) is 3.13. The van der Waals surface area contributed by atoms with Crippen molar-refractivity contribution in [3.05, 3.63) is 99.5 Å². The average Bonchev–Trinajstić information content (AvgIpc) is 3.34. The number of nitriles is 4. The Balaban J connectivity index is 2.02. The number of hydrogen-bond acceptors (Lipinski definition) is 7. The summed E-state index contributed by atoms with van der Waals surface area (Å²) in [7, 11) is 0. The molecular weight excluding hydrogens is 412 g/mol. The molecule has 0 aromatic carbocycles. The standard InChI is InChI=1S/C23H7F2N7/c24-14-1-2-20(30-9-14)18-3-16-17(21(18)12(5-26)6-27)4-19(22(16)13(7-28)8-29)23-31-10-15(25)11-32-23/h1-4,9-11H. The summed E-state index contributed by atoms with van der Waals surface area (Å²) in [6, 6.07) is 9.90. The van der Waals surface area contributed by atoms with Crippen molar-refractivity contribution in [2.24, 2.45) is 0 Å². The van der Waals surface area contributed by atoms with Crippen LogP contribution in [0.1, 0.15) is 11.5 Å². The van der Waals surface area contributed by atoms with Gasteiger partial charge in [0.25, 0.3) is 0 Å². The van der Waals surface area contributed by atoms with E-state index < -0.39 is 11.6 Å². The molecule has 2 aromatic rings. The predicted molar refractivity (Wildman–Crippen MR) is 106 cm³/mol. The molecule has 9 heteroatoms. The van der Waals surface area contributed by atoms with Crippen LogP contribution in [0.15, 0.2) is 76.3 Å². The van der Waals surface area contributed by atoms with E-state index in [9.17, 15) is 29.8 Å². The molecule has 0 unspecified atom stereocenters. The van der Waals surface area contributed by atoms with Crippen molar-refractivity contribution >= 4 is 11.1 Å². The highest BCUT2D eigenvalue weighted by Gasteiger charge is 2.35. The number of hydrogen-bond donors (Lipinski definition) is 0. The highest BCUT2D eigenvalue weighted by molar-refractivity contribution is 6.03. The Bertz CT molecular complexity index is 1350. The fourth-order valence-electron chi connectivity index (χ4n) is 3.47. The first-order valence-electron chi connectivity index (χ1n) is 8.90. The molecule has 0 radical (unpaired) electrons. The Labute approximate surface area is 180 Å². The summed E-state index contributed by atoms with van der Waals surface area (Å²) in [5.74, 6) is -1.17. The molecule has 2 heterocycles. The molecule has 148 valence electrons. The van der Waals surface area contributed by atoms with Crippen LogP contribution in [-0.2, 0) is 0 Å². The zero-order chi connectivity index (χ0) is 22.8. The van der Waals surface area contributed by atoms with Gasteiger partial charge in [-0.25, -0.2) is 18.7 Å². The van der Waals surface area contributed by atoms with Gasteiger partial charge < -0.3 is 0 Å². The van der Waals surface area contributed by atoms with Gasteiger partial charge in [-0.15, -0.1) is 0 Å². The second-order valence-electron chi connectivity index (χ2n) is 6.48. The van der Waals surface area contributed by atoms with Gasteiger partial charge in [-0.1, -0.05) is 0 Å². The van der Waals surface area contributed by atoms with Gasteiger partial charge >= 0.3 is 0 Å². The molecule has 0 amide bonds. The molecule has 0 spiro atoms. The fourth-order valence-corrected chi connectivity index (χ4v) is 3.47. The van der Waals surface area contributed by atoms with Crippen LogP contribution in [0.3, 0.4) is 0 Å². The van der Waals surface area contributed by atoms with Crippen molar-refractivity contribution in [3.63, 3.8) is 0 Å². The van der Waals surface area contributed by atoms with E-state index in [4.69, 9.17) is 0 Å². The molecule has 0 saturated heterocycles. The van der Waals surface area contributed by atoms with E-state index in [1.807, 2.05) is 24.3 Å². The summed E-state index contributed by atoms with van der Waals surface area (Å²) in [5, 5.41) is 38.1. The molecule has 7 nitrogen and oxygen atoms in total. The molecule has 2 aliphatic rings. The van der Waals surface area contributed by atoms with Crippen molar-refractivity contribution in [3.8, 4) is 24.3 Å². The SMILES string of the molecule is N#CC(C#N)=C1C(c2ccc(F)cn2)=CC2=C1C=C(c1ncc(F)cn1)C2=C(C#N)C#N. The Morgan fingerprint density at radius 1 is 0.656 bits per heavy atom. The van der Waals surface area contributed by atoms with Gasteiger partial charge in [0.05, 0.1) is 24.3 Å². The smallest absolute Gasteiger partial charge is 0.160 e. The number of allylic oxidation sites excluding steroid dienone is 10. The molecule has 2 aromatic heterocycles. The molecule has 2 aliphatic carbocycles. The first-order valence-corrected chi connectivity index (χ1v) is 8.90. The number of pyridine rings is 1. The molecule has 32 heavy (non-hydrogen) atoms. The number of halogens is 2. The van der Waals surface area contributed by atoms with Crippen LogP contribution in [0.2, 0.25) is 0 Å². The second kappa shape index (κ2) is 7.88. The second-order valence-corrected chi connectivity index (χ2v) is 6.48. The lowest BCUT2D eigenvalue weighted by atomic mass is 9.94. The topological polar surface area (TPSA) is 134 Å². The van der Waals surface area contributed by atoms with Gasteiger partial charge in [-0.3, -0.25) is 4.98 Å². The minimum absolute atomic E-state index is 0.0588. The van der Waals surface area contributed by atoms with E-state index in [-0.39, 0.29) is 33.7 Å². The van der Waals surface area contributed by atoms with E-state index >= 15 is 0 Å². The minimum atomic E-state index is -0.666. The van der Waals surface area contributed by atoms with Crippen molar-refractivity contribution in [1.29, 1.82) is 21.0 Å². The van der Waals surface area contributed by atoms with E-state index in [0.29, 0.717) is 22.4 Å². The summed E-state index contributed by atoms with van der Waals surface area (Å²) >= 11 is 0. The maximum Gasteiger partial charge on any atom is 0.160 e. The van der Waals surface area contributed by atoms with E-state index in [1.54, 1.807) is 6.08 Å². The molecule has 0 atom stereocenters. The van der Waals surface area contributed by atoms with Crippen LogP contribution < -0.4 is 0 Å². The van der Waals surface area contributed by atoms with Crippen molar-refractivity contribution in [2.45, 2.75) is 0 Å². The van der Waals surface area contributed by atoms with E-state index in [2.05, 4.69) is 15.0 Å². The highest BCUT2D eigenvalue weighted by atomic mass is 19.1. The molecule has 0 saturated carbocycles. The van der Waals surface area contributed by atoms with E-state index in [1.165, 1.54) is 18.2 Å². The first kappa shape index (κ1) is 20.0. The lowest BCUT2D eigenvalue weighted by Crippen LogP contribution is -1.99. The Kier molecular flexibility index (Phi) is 4.93. The largest absolute Gasteiger partial charge is 0.253 e. The maximum atomic E-state index is 13.4. The number of rotatable bonds is 2.